The van der Waals surface area contributed by atoms with Crippen LogP contribution in [0.3, 0.4) is 0 Å². The minimum absolute atomic E-state index is 0.0196. The normalized spacial score (nSPS) is 12.6. The molecule has 0 heterocycles. The van der Waals surface area contributed by atoms with E-state index in [0.29, 0.717) is 19.4 Å². The van der Waals surface area contributed by atoms with Crippen LogP contribution in [0.2, 0.25) is 0 Å². The Kier molecular flexibility index (Phi) is 59.9. The van der Waals surface area contributed by atoms with Gasteiger partial charge in [-0.2, -0.15) is 0 Å². The van der Waals surface area contributed by atoms with E-state index < -0.39 is 12.1 Å². The first kappa shape index (κ1) is 69.6. The van der Waals surface area contributed by atoms with Crippen molar-refractivity contribution in [2.24, 2.45) is 0 Å². The van der Waals surface area contributed by atoms with Gasteiger partial charge in [-0.25, -0.2) is 0 Å². The SMILES string of the molecule is CCCCCCCCCCCCC/C=C/C(O)C(CO)NC(=O)CCCCCCCCCCCCCCCCCCCCCCCCCCOC(=O)CCCCCCCCCCCCCCCCCCC. The number of hydrogen-bond donors (Lipinski definition) is 3. The van der Waals surface area contributed by atoms with Crippen molar-refractivity contribution in [2.75, 3.05) is 13.2 Å². The number of carbonyl (C=O) groups is 2. The summed E-state index contributed by atoms with van der Waals surface area (Å²) in [6, 6.07) is -0.625. The molecule has 71 heavy (non-hydrogen) atoms. The molecule has 6 heteroatoms. The van der Waals surface area contributed by atoms with Gasteiger partial charge in [0.25, 0.3) is 0 Å². The summed E-state index contributed by atoms with van der Waals surface area (Å²) in [6.07, 6.45) is 74.1. The molecular weight excluding hydrogens is 875 g/mol. The lowest BCUT2D eigenvalue weighted by Gasteiger charge is -2.20. The molecule has 0 saturated carbocycles. The molecule has 2 unspecified atom stereocenters. The maximum atomic E-state index is 12.5. The molecule has 0 aliphatic carbocycles. The van der Waals surface area contributed by atoms with Crippen molar-refractivity contribution in [1.82, 2.24) is 5.32 Å². The van der Waals surface area contributed by atoms with Gasteiger partial charge in [0, 0.05) is 12.8 Å². The van der Waals surface area contributed by atoms with Crippen molar-refractivity contribution in [3.8, 4) is 0 Å². The zero-order chi connectivity index (χ0) is 51.4. The van der Waals surface area contributed by atoms with E-state index in [0.717, 1.165) is 38.5 Å². The largest absolute Gasteiger partial charge is 0.466 e. The summed E-state index contributed by atoms with van der Waals surface area (Å²) in [4.78, 5) is 24.5. The Morgan fingerprint density at radius 2 is 0.648 bits per heavy atom. The molecule has 0 bridgehead atoms. The van der Waals surface area contributed by atoms with Crippen LogP contribution in [0.5, 0.6) is 0 Å². The third kappa shape index (κ3) is 57.7. The Morgan fingerprint density at radius 3 is 0.958 bits per heavy atom. The molecule has 0 aliphatic rings. The minimum Gasteiger partial charge on any atom is -0.466 e. The first-order chi connectivity index (χ1) is 35.0. The molecular formula is C65H127NO5. The molecule has 0 aromatic heterocycles. The van der Waals surface area contributed by atoms with E-state index in [4.69, 9.17) is 4.74 Å². The van der Waals surface area contributed by atoms with Crippen molar-refractivity contribution < 1.29 is 24.5 Å². The number of ether oxygens (including phenoxy) is 1. The highest BCUT2D eigenvalue weighted by molar-refractivity contribution is 5.76. The Morgan fingerprint density at radius 1 is 0.380 bits per heavy atom. The third-order valence-electron chi connectivity index (χ3n) is 15.3. The standard InChI is InChI=1S/C65H127NO5/c1-3-5-7-9-11-13-15-17-18-27-31-35-39-43-47-51-55-59-65(70)71-60-56-52-48-44-40-36-32-29-26-24-22-20-19-21-23-25-28-30-34-38-42-46-50-54-58-64(69)66-62(61-67)63(68)57-53-49-45-41-37-33-16-14-12-10-8-6-4-2/h53,57,62-63,67-68H,3-52,54-56,58-61H2,1-2H3,(H,66,69)/b57-53+. The van der Waals surface area contributed by atoms with Gasteiger partial charge >= 0.3 is 5.97 Å². The minimum atomic E-state index is -0.842. The number of allylic oxidation sites excluding steroid dienone is 1. The Hall–Kier alpha value is -1.40. The van der Waals surface area contributed by atoms with Gasteiger partial charge in [-0.1, -0.05) is 334 Å². The van der Waals surface area contributed by atoms with Gasteiger partial charge in [0.2, 0.25) is 5.91 Å². The fraction of sp³-hybridized carbons (Fsp3) is 0.938. The van der Waals surface area contributed by atoms with Crippen LogP contribution in [-0.2, 0) is 14.3 Å². The molecule has 6 nitrogen and oxygen atoms in total. The van der Waals surface area contributed by atoms with Crippen molar-refractivity contribution in [2.45, 2.75) is 379 Å². The summed E-state index contributed by atoms with van der Waals surface area (Å²) in [6.45, 7) is 4.93. The first-order valence-electron chi connectivity index (χ1n) is 32.5. The molecule has 0 radical (unpaired) electrons. The van der Waals surface area contributed by atoms with E-state index >= 15 is 0 Å². The van der Waals surface area contributed by atoms with E-state index in [9.17, 15) is 19.8 Å². The fourth-order valence-electron chi connectivity index (χ4n) is 10.3. The molecule has 0 aromatic rings. The molecule has 422 valence electrons. The highest BCUT2D eigenvalue weighted by Crippen LogP contribution is 2.18. The Labute approximate surface area is 444 Å². The number of rotatable bonds is 61. The molecule has 0 aromatic carbocycles. The number of aliphatic hydroxyl groups is 2. The quantitative estimate of drug-likeness (QED) is 0.0320. The fourth-order valence-corrected chi connectivity index (χ4v) is 10.3. The number of carbonyl (C=O) groups excluding carboxylic acids is 2. The number of esters is 1. The molecule has 0 aliphatic heterocycles. The average Bonchev–Trinajstić information content (AvgIpc) is 3.37. The maximum absolute atomic E-state index is 12.5. The van der Waals surface area contributed by atoms with Crippen LogP contribution in [-0.4, -0.2) is 47.4 Å². The van der Waals surface area contributed by atoms with Gasteiger partial charge in [-0.05, 0) is 32.1 Å². The van der Waals surface area contributed by atoms with E-state index in [1.54, 1.807) is 6.08 Å². The third-order valence-corrected chi connectivity index (χ3v) is 15.3. The topological polar surface area (TPSA) is 95.9 Å². The summed E-state index contributed by atoms with van der Waals surface area (Å²) in [5, 5.41) is 23.1. The van der Waals surface area contributed by atoms with Gasteiger partial charge in [-0.15, -0.1) is 0 Å². The smallest absolute Gasteiger partial charge is 0.305 e. The first-order valence-corrected chi connectivity index (χ1v) is 32.5. The molecule has 0 rings (SSSR count). The maximum Gasteiger partial charge on any atom is 0.305 e. The Bertz CT molecular complexity index is 1060. The van der Waals surface area contributed by atoms with Crippen molar-refractivity contribution in [3.05, 3.63) is 12.2 Å². The second kappa shape index (κ2) is 61.1. The Balaban J connectivity index is 3.35. The molecule has 0 saturated heterocycles. The lowest BCUT2D eigenvalue weighted by atomic mass is 10.0. The molecule has 0 spiro atoms. The van der Waals surface area contributed by atoms with Crippen LogP contribution in [0.25, 0.3) is 0 Å². The second-order valence-corrected chi connectivity index (χ2v) is 22.5. The van der Waals surface area contributed by atoms with Crippen molar-refractivity contribution in [3.63, 3.8) is 0 Å². The average molecular weight is 1000 g/mol. The zero-order valence-electron chi connectivity index (χ0n) is 48.2. The summed E-state index contributed by atoms with van der Waals surface area (Å²) < 4.78 is 5.50. The number of aliphatic hydroxyl groups excluding tert-OH is 2. The lowest BCUT2D eigenvalue weighted by Crippen LogP contribution is -2.45. The van der Waals surface area contributed by atoms with Crippen LogP contribution >= 0.6 is 0 Å². The van der Waals surface area contributed by atoms with Gasteiger partial charge in [0.15, 0.2) is 0 Å². The van der Waals surface area contributed by atoms with Crippen LogP contribution in [0.4, 0.5) is 0 Å². The van der Waals surface area contributed by atoms with E-state index in [-0.39, 0.29) is 18.5 Å². The highest BCUT2D eigenvalue weighted by atomic mass is 16.5. The van der Waals surface area contributed by atoms with E-state index in [2.05, 4.69) is 19.2 Å². The lowest BCUT2D eigenvalue weighted by molar-refractivity contribution is -0.143. The summed E-state index contributed by atoms with van der Waals surface area (Å²) in [7, 11) is 0. The number of unbranched alkanes of at least 4 members (excludes halogenated alkanes) is 50. The summed E-state index contributed by atoms with van der Waals surface area (Å²) >= 11 is 0. The summed E-state index contributed by atoms with van der Waals surface area (Å²) in [5.74, 6) is -0.0455. The molecule has 1 amide bonds. The number of hydrogen-bond acceptors (Lipinski definition) is 5. The van der Waals surface area contributed by atoms with Gasteiger partial charge < -0.3 is 20.3 Å². The van der Waals surface area contributed by atoms with Crippen molar-refractivity contribution >= 4 is 11.9 Å². The van der Waals surface area contributed by atoms with Crippen molar-refractivity contribution in [1.29, 1.82) is 0 Å². The molecule has 2 atom stereocenters. The summed E-state index contributed by atoms with van der Waals surface area (Å²) in [5.41, 5.74) is 0. The zero-order valence-corrected chi connectivity index (χ0v) is 48.2. The number of nitrogens with one attached hydrogen (secondary N) is 1. The van der Waals surface area contributed by atoms with Crippen LogP contribution in [0.15, 0.2) is 12.2 Å². The predicted octanol–water partition coefficient (Wildman–Crippen LogP) is 20.4. The monoisotopic (exact) mass is 1000 g/mol. The molecule has 0 fully saturated rings. The van der Waals surface area contributed by atoms with Gasteiger partial charge in [0.1, 0.15) is 0 Å². The van der Waals surface area contributed by atoms with Crippen LogP contribution in [0, 0.1) is 0 Å². The van der Waals surface area contributed by atoms with Crippen LogP contribution < -0.4 is 5.32 Å². The van der Waals surface area contributed by atoms with Gasteiger partial charge in [0.05, 0.1) is 25.4 Å². The second-order valence-electron chi connectivity index (χ2n) is 22.5. The number of amides is 1. The van der Waals surface area contributed by atoms with Crippen LogP contribution in [0.1, 0.15) is 367 Å². The predicted molar refractivity (Wildman–Crippen MR) is 310 cm³/mol. The van der Waals surface area contributed by atoms with Gasteiger partial charge in [-0.3, -0.25) is 9.59 Å². The van der Waals surface area contributed by atoms with E-state index in [1.165, 1.54) is 302 Å². The molecule has 3 N–H and O–H groups in total. The van der Waals surface area contributed by atoms with E-state index in [1.807, 2.05) is 6.08 Å². The highest BCUT2D eigenvalue weighted by Gasteiger charge is 2.18.